The summed E-state index contributed by atoms with van der Waals surface area (Å²) in [6, 6.07) is 1.49. The van der Waals surface area contributed by atoms with E-state index >= 15 is 0 Å². The van der Waals surface area contributed by atoms with Gasteiger partial charge in [0.15, 0.2) is 0 Å². The maximum absolute atomic E-state index is 11.0. The minimum absolute atomic E-state index is 0.377. The van der Waals surface area contributed by atoms with E-state index in [-0.39, 0.29) is 5.02 Å². The Labute approximate surface area is 111 Å². The van der Waals surface area contributed by atoms with Gasteiger partial charge >= 0.3 is 0 Å². The minimum atomic E-state index is -4.61. The number of halogens is 3. The Hall–Kier alpha value is -0.660. The van der Waals surface area contributed by atoms with Crippen molar-refractivity contribution in [3.8, 4) is 0 Å². The van der Waals surface area contributed by atoms with Crippen molar-refractivity contribution >= 4 is 55.4 Å². The number of rotatable bonds is 3. The average molecular weight is 318 g/mol. The molecule has 0 atom stereocenters. The monoisotopic (exact) mass is 316 g/mol. The molecule has 1 N–H and O–H groups in total. The molecule has 1 rings (SSSR count). The lowest BCUT2D eigenvalue weighted by Crippen LogP contribution is -2.05. The summed E-state index contributed by atoms with van der Waals surface area (Å²) in [7, 11) is -4.61. The van der Waals surface area contributed by atoms with Crippen LogP contribution in [0.5, 0.6) is 0 Å². The molecule has 0 radical (unpaired) electrons. The van der Waals surface area contributed by atoms with Crippen molar-refractivity contribution in [1.29, 1.82) is 0 Å². The predicted molar refractivity (Wildman–Crippen MR) is 61.6 cm³/mol. The van der Waals surface area contributed by atoms with Gasteiger partial charge in [-0.05, 0) is 35.3 Å². The molecule has 0 amide bonds. The second-order valence-electron chi connectivity index (χ2n) is 2.85. The van der Waals surface area contributed by atoms with E-state index in [9.17, 15) is 18.0 Å². The molecule has 17 heavy (non-hydrogen) atoms. The summed E-state index contributed by atoms with van der Waals surface area (Å²) < 4.78 is 30.6. The van der Waals surface area contributed by atoms with E-state index in [4.69, 9.17) is 39.4 Å². The molecule has 0 saturated carbocycles. The third kappa shape index (κ3) is 3.17. The van der Waals surface area contributed by atoms with Gasteiger partial charge in [0.05, 0.1) is 21.0 Å². The molecule has 0 heterocycles. The van der Waals surface area contributed by atoms with E-state index in [1.54, 1.807) is 0 Å². The molecule has 0 spiro atoms. The predicted octanol–water partition coefficient (Wildman–Crippen LogP) is 2.34. The first kappa shape index (κ1) is 14.4. The first-order valence-electron chi connectivity index (χ1n) is 3.85. The van der Waals surface area contributed by atoms with Crippen LogP contribution in [0.4, 0.5) is 0 Å². The zero-order valence-corrected chi connectivity index (χ0v) is 10.9. The highest BCUT2D eigenvalue weighted by molar-refractivity contribution is 7.85. The molecule has 0 fully saturated rings. The molecule has 1 aromatic carbocycles. The van der Waals surface area contributed by atoms with Gasteiger partial charge in [0.2, 0.25) is 0 Å². The first-order chi connectivity index (χ1) is 7.64. The average Bonchev–Trinajstić information content (AvgIpc) is 2.14. The molecule has 0 aliphatic carbocycles. The lowest BCUT2D eigenvalue weighted by Gasteiger charge is -2.06. The van der Waals surface area contributed by atoms with E-state index in [0.29, 0.717) is 0 Å². The maximum Gasteiger partial charge on any atom is 0.294 e. The Kier molecular flexibility index (Phi) is 4.16. The molecule has 0 aliphatic heterocycles. The molecule has 0 unspecified atom stereocenters. The summed E-state index contributed by atoms with van der Waals surface area (Å²) in [5.41, 5.74) is -0.875. The second-order valence-corrected chi connectivity index (χ2v) is 5.34. The van der Waals surface area contributed by atoms with Crippen molar-refractivity contribution in [2.24, 2.45) is 0 Å². The van der Waals surface area contributed by atoms with Crippen LogP contribution in [0.15, 0.2) is 17.0 Å². The van der Waals surface area contributed by atoms with Gasteiger partial charge in [0, 0.05) is 0 Å². The van der Waals surface area contributed by atoms with Gasteiger partial charge in [0.25, 0.3) is 20.6 Å². The fraction of sp³-hybridized carbons (Fsp3) is 0. The fourth-order valence-corrected chi connectivity index (χ4v) is 2.24. The minimum Gasteiger partial charge on any atom is -0.282 e. The lowest BCUT2D eigenvalue weighted by molar-refractivity contribution is 0.108. The highest BCUT2D eigenvalue weighted by Gasteiger charge is 2.21. The summed E-state index contributed by atoms with van der Waals surface area (Å²) >= 11 is 15.9. The van der Waals surface area contributed by atoms with Crippen molar-refractivity contribution in [3.63, 3.8) is 0 Å². The van der Waals surface area contributed by atoms with Gasteiger partial charge in [0.1, 0.15) is 0 Å². The summed E-state index contributed by atoms with van der Waals surface area (Å²) in [5, 5.41) is -2.54. The van der Waals surface area contributed by atoms with Crippen LogP contribution in [0.25, 0.3) is 0 Å². The van der Waals surface area contributed by atoms with Gasteiger partial charge < -0.3 is 0 Å². The molecular weight excluding hydrogens is 315 g/mol. The zero-order chi connectivity index (χ0) is 13.4. The molecule has 92 valence electrons. The highest BCUT2D eigenvalue weighted by atomic mass is 35.5. The Balaban J connectivity index is 3.71. The third-order valence-electron chi connectivity index (χ3n) is 1.77. The van der Waals surface area contributed by atoms with Crippen LogP contribution in [0.3, 0.4) is 0 Å². The maximum atomic E-state index is 11.0. The summed E-state index contributed by atoms with van der Waals surface area (Å²) in [6.45, 7) is 0. The van der Waals surface area contributed by atoms with E-state index in [2.05, 4.69) is 0 Å². The van der Waals surface area contributed by atoms with Crippen LogP contribution < -0.4 is 0 Å². The number of hydrogen-bond donors (Lipinski definition) is 1. The van der Waals surface area contributed by atoms with Crippen LogP contribution in [0.1, 0.15) is 20.7 Å². The topological polar surface area (TPSA) is 88.5 Å². The molecule has 0 aliphatic rings. The summed E-state index contributed by atoms with van der Waals surface area (Å²) in [5.74, 6) is 0. The Morgan fingerprint density at radius 2 is 1.41 bits per heavy atom. The van der Waals surface area contributed by atoms with Crippen molar-refractivity contribution in [1.82, 2.24) is 0 Å². The number of carbonyl (C=O) groups excluding carboxylic acids is 2. The normalized spacial score (nSPS) is 11.3. The number of benzene rings is 1. The van der Waals surface area contributed by atoms with Crippen molar-refractivity contribution in [3.05, 3.63) is 28.3 Å². The van der Waals surface area contributed by atoms with Gasteiger partial charge in [-0.15, -0.1) is 0 Å². The van der Waals surface area contributed by atoms with E-state index < -0.39 is 36.6 Å². The van der Waals surface area contributed by atoms with Crippen LogP contribution in [0, 0.1) is 0 Å². The third-order valence-corrected chi connectivity index (χ3v) is 3.41. The molecule has 9 heteroatoms. The molecular formula is C8H3Cl3O5S. The van der Waals surface area contributed by atoms with Gasteiger partial charge in [-0.3, -0.25) is 14.1 Å². The van der Waals surface area contributed by atoms with Crippen molar-refractivity contribution in [2.75, 3.05) is 0 Å². The Morgan fingerprint density at radius 1 is 1.06 bits per heavy atom. The zero-order valence-electron chi connectivity index (χ0n) is 7.78. The Morgan fingerprint density at radius 3 is 1.65 bits per heavy atom. The largest absolute Gasteiger partial charge is 0.294 e. The lowest BCUT2D eigenvalue weighted by atomic mass is 10.1. The number of carbonyl (C=O) groups is 2. The van der Waals surface area contributed by atoms with Crippen LogP contribution in [-0.4, -0.2) is 23.5 Å². The molecule has 0 saturated heterocycles. The van der Waals surface area contributed by atoms with Gasteiger partial charge in [-0.1, -0.05) is 11.6 Å². The van der Waals surface area contributed by atoms with Gasteiger partial charge in [-0.2, -0.15) is 8.42 Å². The molecule has 5 nitrogen and oxygen atoms in total. The van der Waals surface area contributed by atoms with E-state index in [1.165, 1.54) is 0 Å². The Bertz CT molecular complexity index is 573. The van der Waals surface area contributed by atoms with Crippen molar-refractivity contribution < 1.29 is 22.6 Å². The summed E-state index contributed by atoms with van der Waals surface area (Å²) in [6.07, 6.45) is 0. The quantitative estimate of drug-likeness (QED) is 0.683. The van der Waals surface area contributed by atoms with Crippen molar-refractivity contribution in [2.45, 2.75) is 4.90 Å². The SMILES string of the molecule is O=C(Cl)c1cc(S(=O)(=O)O)cc(C(=O)Cl)c1Cl. The highest BCUT2D eigenvalue weighted by Crippen LogP contribution is 2.28. The first-order valence-corrected chi connectivity index (χ1v) is 6.42. The van der Waals surface area contributed by atoms with Crippen LogP contribution in [-0.2, 0) is 10.1 Å². The molecule has 0 aromatic heterocycles. The standard InChI is InChI=1S/C8H3Cl3O5S/c9-6-4(7(10)12)1-3(17(14,15)16)2-5(6)8(11)13/h1-2H,(H,14,15,16). The fourth-order valence-electron chi connectivity index (χ4n) is 1.03. The summed E-state index contributed by atoms with van der Waals surface area (Å²) in [4.78, 5) is 21.2. The smallest absolute Gasteiger partial charge is 0.282 e. The van der Waals surface area contributed by atoms with E-state index in [0.717, 1.165) is 12.1 Å². The molecule has 1 aromatic rings. The van der Waals surface area contributed by atoms with Crippen LogP contribution >= 0.6 is 34.8 Å². The van der Waals surface area contributed by atoms with E-state index in [1.807, 2.05) is 0 Å². The second kappa shape index (κ2) is 4.91. The molecule has 0 bridgehead atoms. The number of hydrogen-bond acceptors (Lipinski definition) is 4. The van der Waals surface area contributed by atoms with Crippen LogP contribution in [0.2, 0.25) is 5.02 Å². The van der Waals surface area contributed by atoms with Gasteiger partial charge in [-0.25, -0.2) is 0 Å².